The molecule has 1 rings (SSSR count). The highest BCUT2D eigenvalue weighted by atomic mass is 35.5. The molecule has 0 aliphatic heterocycles. The van der Waals surface area contributed by atoms with E-state index in [-0.39, 0.29) is 12.3 Å². The molecule has 0 radical (unpaired) electrons. The molecule has 0 aromatic heterocycles. The Morgan fingerprint density at radius 3 is 2.75 bits per heavy atom. The average molecular weight is 243 g/mol. The highest BCUT2D eigenvalue weighted by Crippen LogP contribution is 2.29. The lowest BCUT2D eigenvalue weighted by molar-refractivity contribution is -0.137. The highest BCUT2D eigenvalue weighted by Gasteiger charge is 2.12. The first kappa shape index (κ1) is 12.8. The third-order valence-electron chi connectivity index (χ3n) is 2.31. The fourth-order valence-corrected chi connectivity index (χ4v) is 1.72. The Morgan fingerprint density at radius 1 is 1.56 bits per heavy atom. The molecule has 0 saturated carbocycles. The SMILES string of the molecule is CCOc1ccc(C(C)CC(=O)O)cc1Cl. The van der Waals surface area contributed by atoms with Crippen molar-refractivity contribution in [3.8, 4) is 5.75 Å². The Balaban J connectivity index is 2.83. The van der Waals surface area contributed by atoms with Gasteiger partial charge in [0.25, 0.3) is 0 Å². The molecule has 0 fully saturated rings. The zero-order valence-corrected chi connectivity index (χ0v) is 10.1. The molecule has 1 aromatic carbocycles. The smallest absolute Gasteiger partial charge is 0.303 e. The summed E-state index contributed by atoms with van der Waals surface area (Å²) >= 11 is 6.02. The first-order valence-electron chi connectivity index (χ1n) is 5.18. The van der Waals surface area contributed by atoms with Crippen LogP contribution < -0.4 is 4.74 Å². The van der Waals surface area contributed by atoms with E-state index in [0.29, 0.717) is 17.4 Å². The number of hydrogen-bond donors (Lipinski definition) is 1. The van der Waals surface area contributed by atoms with Crippen molar-refractivity contribution in [2.45, 2.75) is 26.2 Å². The molecule has 1 unspecified atom stereocenters. The van der Waals surface area contributed by atoms with E-state index >= 15 is 0 Å². The second-order valence-corrected chi connectivity index (χ2v) is 4.03. The maximum atomic E-state index is 10.6. The lowest BCUT2D eigenvalue weighted by Crippen LogP contribution is -2.03. The van der Waals surface area contributed by atoms with Gasteiger partial charge in [0.2, 0.25) is 0 Å². The number of hydrogen-bond acceptors (Lipinski definition) is 2. The van der Waals surface area contributed by atoms with Crippen molar-refractivity contribution >= 4 is 17.6 Å². The van der Waals surface area contributed by atoms with E-state index in [1.807, 2.05) is 19.9 Å². The zero-order chi connectivity index (χ0) is 12.1. The number of halogens is 1. The standard InChI is InChI=1S/C12H15ClO3/c1-3-16-11-5-4-9(7-10(11)13)8(2)6-12(14)15/h4-5,7-8H,3,6H2,1-2H3,(H,14,15). The molecule has 0 saturated heterocycles. The molecule has 16 heavy (non-hydrogen) atoms. The number of carbonyl (C=O) groups is 1. The molecule has 0 amide bonds. The second-order valence-electron chi connectivity index (χ2n) is 3.62. The summed E-state index contributed by atoms with van der Waals surface area (Å²) in [6, 6.07) is 5.39. The van der Waals surface area contributed by atoms with Crippen LogP contribution >= 0.6 is 11.6 Å². The minimum atomic E-state index is -0.808. The van der Waals surface area contributed by atoms with Crippen LogP contribution in [0.15, 0.2) is 18.2 Å². The van der Waals surface area contributed by atoms with Crippen LogP contribution in [-0.2, 0) is 4.79 Å². The Kier molecular flexibility index (Phi) is 4.62. The summed E-state index contributed by atoms with van der Waals surface area (Å²) in [4.78, 5) is 10.6. The predicted molar refractivity (Wildman–Crippen MR) is 63.3 cm³/mol. The van der Waals surface area contributed by atoms with Crippen LogP contribution in [0.4, 0.5) is 0 Å². The first-order valence-corrected chi connectivity index (χ1v) is 5.56. The molecular weight excluding hydrogens is 228 g/mol. The summed E-state index contributed by atoms with van der Waals surface area (Å²) in [6.45, 7) is 4.31. The van der Waals surface area contributed by atoms with Gasteiger partial charge >= 0.3 is 5.97 Å². The molecule has 3 nitrogen and oxygen atoms in total. The summed E-state index contributed by atoms with van der Waals surface area (Å²) in [5, 5.41) is 9.22. The number of ether oxygens (including phenoxy) is 1. The molecule has 1 N–H and O–H groups in total. The third-order valence-corrected chi connectivity index (χ3v) is 2.60. The quantitative estimate of drug-likeness (QED) is 0.862. The molecule has 0 heterocycles. The van der Waals surface area contributed by atoms with Gasteiger partial charge in [-0.15, -0.1) is 0 Å². The number of carboxylic acid groups (broad SMARTS) is 1. The van der Waals surface area contributed by atoms with E-state index in [1.165, 1.54) is 0 Å². The summed E-state index contributed by atoms with van der Waals surface area (Å²) in [5.41, 5.74) is 0.913. The van der Waals surface area contributed by atoms with Crippen LogP contribution in [0, 0.1) is 0 Å². The highest BCUT2D eigenvalue weighted by molar-refractivity contribution is 6.32. The van der Waals surface area contributed by atoms with Gasteiger partial charge in [-0.3, -0.25) is 4.79 Å². The van der Waals surface area contributed by atoms with Crippen molar-refractivity contribution in [3.63, 3.8) is 0 Å². The van der Waals surface area contributed by atoms with Crippen molar-refractivity contribution in [3.05, 3.63) is 28.8 Å². The molecule has 0 aliphatic rings. The van der Waals surface area contributed by atoms with Gasteiger partial charge in [0.05, 0.1) is 18.1 Å². The van der Waals surface area contributed by atoms with Crippen LogP contribution in [0.5, 0.6) is 5.75 Å². The van der Waals surface area contributed by atoms with Crippen molar-refractivity contribution in [2.75, 3.05) is 6.61 Å². The summed E-state index contributed by atoms with van der Waals surface area (Å²) in [6.07, 6.45) is 0.101. The number of carboxylic acids is 1. The molecule has 0 aliphatic carbocycles. The number of rotatable bonds is 5. The summed E-state index contributed by atoms with van der Waals surface area (Å²) < 4.78 is 5.30. The van der Waals surface area contributed by atoms with Crippen LogP contribution in [0.2, 0.25) is 5.02 Å². The molecule has 1 atom stereocenters. The van der Waals surface area contributed by atoms with Crippen LogP contribution in [0.25, 0.3) is 0 Å². The Hall–Kier alpha value is -1.22. The predicted octanol–water partition coefficient (Wildman–Crippen LogP) is 3.32. The maximum Gasteiger partial charge on any atom is 0.303 e. The van der Waals surface area contributed by atoms with E-state index in [4.69, 9.17) is 21.4 Å². The van der Waals surface area contributed by atoms with Crippen molar-refractivity contribution in [1.29, 1.82) is 0 Å². The summed E-state index contributed by atoms with van der Waals surface area (Å²) in [7, 11) is 0. The minimum Gasteiger partial charge on any atom is -0.492 e. The van der Waals surface area contributed by atoms with Crippen molar-refractivity contribution in [2.24, 2.45) is 0 Å². The average Bonchev–Trinajstić information content (AvgIpc) is 2.20. The van der Waals surface area contributed by atoms with E-state index in [2.05, 4.69) is 0 Å². The fraction of sp³-hybridized carbons (Fsp3) is 0.417. The van der Waals surface area contributed by atoms with Crippen LogP contribution in [0.1, 0.15) is 31.7 Å². The lowest BCUT2D eigenvalue weighted by Gasteiger charge is -2.12. The van der Waals surface area contributed by atoms with Crippen molar-refractivity contribution < 1.29 is 14.6 Å². The van der Waals surface area contributed by atoms with Gasteiger partial charge in [-0.1, -0.05) is 24.6 Å². The Bertz CT molecular complexity index is 377. The van der Waals surface area contributed by atoms with Gasteiger partial charge in [0, 0.05) is 0 Å². The molecule has 0 bridgehead atoms. The van der Waals surface area contributed by atoms with Gasteiger partial charge in [-0.2, -0.15) is 0 Å². The van der Waals surface area contributed by atoms with E-state index in [9.17, 15) is 4.79 Å². The normalized spacial score (nSPS) is 12.2. The van der Waals surface area contributed by atoms with Gasteiger partial charge in [0.15, 0.2) is 0 Å². The Labute approximate surface area is 100.0 Å². The molecule has 1 aromatic rings. The van der Waals surface area contributed by atoms with Gasteiger partial charge in [-0.05, 0) is 30.5 Å². The molecule has 0 spiro atoms. The monoisotopic (exact) mass is 242 g/mol. The van der Waals surface area contributed by atoms with Gasteiger partial charge in [0.1, 0.15) is 5.75 Å². The largest absolute Gasteiger partial charge is 0.492 e. The molecule has 88 valence electrons. The number of aliphatic carboxylic acids is 1. The van der Waals surface area contributed by atoms with E-state index in [0.717, 1.165) is 5.56 Å². The first-order chi connectivity index (χ1) is 7.54. The minimum absolute atomic E-state index is 0.0503. The molecule has 4 heteroatoms. The van der Waals surface area contributed by atoms with Gasteiger partial charge in [-0.25, -0.2) is 0 Å². The maximum absolute atomic E-state index is 10.6. The zero-order valence-electron chi connectivity index (χ0n) is 9.37. The number of benzene rings is 1. The third kappa shape index (κ3) is 3.42. The van der Waals surface area contributed by atoms with E-state index in [1.54, 1.807) is 12.1 Å². The van der Waals surface area contributed by atoms with Crippen LogP contribution in [-0.4, -0.2) is 17.7 Å². The van der Waals surface area contributed by atoms with Crippen LogP contribution in [0.3, 0.4) is 0 Å². The fourth-order valence-electron chi connectivity index (χ4n) is 1.48. The second kappa shape index (κ2) is 5.75. The lowest BCUT2D eigenvalue weighted by atomic mass is 9.98. The van der Waals surface area contributed by atoms with Gasteiger partial charge < -0.3 is 9.84 Å². The Morgan fingerprint density at radius 2 is 2.25 bits per heavy atom. The molecular formula is C12H15ClO3. The van der Waals surface area contributed by atoms with E-state index < -0.39 is 5.97 Å². The van der Waals surface area contributed by atoms with Crippen molar-refractivity contribution in [1.82, 2.24) is 0 Å². The summed E-state index contributed by atoms with van der Waals surface area (Å²) in [5.74, 6) is -0.223. The topological polar surface area (TPSA) is 46.5 Å².